The van der Waals surface area contributed by atoms with E-state index in [4.69, 9.17) is 0 Å². The summed E-state index contributed by atoms with van der Waals surface area (Å²) in [5.41, 5.74) is 1.02. The topological polar surface area (TPSA) is 33.2 Å². The van der Waals surface area contributed by atoms with Crippen molar-refractivity contribution in [3.63, 3.8) is 0 Å². The van der Waals surface area contributed by atoms with Crippen LogP contribution in [0.1, 0.15) is 20.3 Å². The van der Waals surface area contributed by atoms with E-state index in [0.717, 1.165) is 12.0 Å². The molecule has 0 spiro atoms. The first kappa shape index (κ1) is 12.4. The molecular formula is C13H18N2O. The number of aromatic nitrogens is 1. The highest BCUT2D eigenvalue weighted by Gasteiger charge is 2.18. The van der Waals surface area contributed by atoms with Gasteiger partial charge in [-0.1, -0.05) is 18.6 Å². The molecular weight excluding hydrogens is 200 g/mol. The third-order valence-electron chi connectivity index (χ3n) is 2.40. The standard InChI is InChI=1S/C13H18N2O/c1-10(2)9-11(3)13(16)15(4)12-7-5-6-8-14-12/h5-8,11H,1,9H2,2-4H3/t11-/m0/s1. The second kappa shape index (κ2) is 5.45. The summed E-state index contributed by atoms with van der Waals surface area (Å²) in [6.07, 6.45) is 2.40. The SMILES string of the molecule is C=C(C)C[C@H](C)C(=O)N(C)c1ccccn1. The van der Waals surface area contributed by atoms with Gasteiger partial charge < -0.3 is 0 Å². The molecule has 86 valence electrons. The maximum absolute atomic E-state index is 12.0. The Morgan fingerprint density at radius 3 is 2.75 bits per heavy atom. The molecule has 1 aromatic rings. The first-order valence-corrected chi connectivity index (χ1v) is 5.35. The minimum atomic E-state index is -0.0514. The van der Waals surface area contributed by atoms with Crippen molar-refractivity contribution >= 4 is 11.7 Å². The largest absolute Gasteiger partial charge is 0.300 e. The van der Waals surface area contributed by atoms with Gasteiger partial charge in [-0.15, -0.1) is 6.58 Å². The van der Waals surface area contributed by atoms with Crippen LogP contribution in [0, 0.1) is 5.92 Å². The summed E-state index contributed by atoms with van der Waals surface area (Å²) in [4.78, 5) is 17.8. The Kier molecular flexibility index (Phi) is 4.23. The highest BCUT2D eigenvalue weighted by Crippen LogP contribution is 2.15. The van der Waals surface area contributed by atoms with Crippen LogP contribution in [0.25, 0.3) is 0 Å². The maximum atomic E-state index is 12.0. The van der Waals surface area contributed by atoms with Crippen LogP contribution < -0.4 is 4.90 Å². The van der Waals surface area contributed by atoms with Crippen molar-refractivity contribution in [3.05, 3.63) is 36.5 Å². The second-order valence-electron chi connectivity index (χ2n) is 4.15. The number of hydrogen-bond acceptors (Lipinski definition) is 2. The van der Waals surface area contributed by atoms with E-state index in [2.05, 4.69) is 11.6 Å². The third kappa shape index (κ3) is 3.19. The minimum Gasteiger partial charge on any atom is -0.300 e. The predicted molar refractivity (Wildman–Crippen MR) is 66.2 cm³/mol. The van der Waals surface area contributed by atoms with Crippen molar-refractivity contribution in [1.82, 2.24) is 4.98 Å². The molecule has 0 N–H and O–H groups in total. The fourth-order valence-corrected chi connectivity index (χ4v) is 1.61. The van der Waals surface area contributed by atoms with Gasteiger partial charge in [-0.25, -0.2) is 4.98 Å². The van der Waals surface area contributed by atoms with Crippen LogP contribution in [0.3, 0.4) is 0 Å². The van der Waals surface area contributed by atoms with Crippen molar-refractivity contribution < 1.29 is 4.79 Å². The Balaban J connectivity index is 2.71. The normalized spacial score (nSPS) is 11.9. The average molecular weight is 218 g/mol. The van der Waals surface area contributed by atoms with Crippen molar-refractivity contribution in [2.24, 2.45) is 5.92 Å². The quantitative estimate of drug-likeness (QED) is 0.728. The summed E-state index contributed by atoms with van der Waals surface area (Å²) in [5.74, 6) is 0.701. The van der Waals surface area contributed by atoms with Crippen molar-refractivity contribution in [1.29, 1.82) is 0 Å². The van der Waals surface area contributed by atoms with Crippen LogP contribution in [0.5, 0.6) is 0 Å². The summed E-state index contributed by atoms with van der Waals surface area (Å²) >= 11 is 0. The smallest absolute Gasteiger partial charge is 0.231 e. The predicted octanol–water partition coefficient (Wildman–Crippen LogP) is 2.65. The molecule has 3 nitrogen and oxygen atoms in total. The summed E-state index contributed by atoms with van der Waals surface area (Å²) in [7, 11) is 1.75. The second-order valence-corrected chi connectivity index (χ2v) is 4.15. The number of pyridine rings is 1. The third-order valence-corrected chi connectivity index (χ3v) is 2.40. The van der Waals surface area contributed by atoms with E-state index < -0.39 is 0 Å². The molecule has 1 heterocycles. The van der Waals surface area contributed by atoms with Gasteiger partial charge in [0.1, 0.15) is 5.82 Å². The lowest BCUT2D eigenvalue weighted by molar-refractivity contribution is -0.121. The number of allylic oxidation sites excluding steroid dienone is 1. The number of carbonyl (C=O) groups is 1. The van der Waals surface area contributed by atoms with Crippen molar-refractivity contribution in [2.45, 2.75) is 20.3 Å². The molecule has 1 rings (SSSR count). The minimum absolute atomic E-state index is 0.0514. The van der Waals surface area contributed by atoms with Gasteiger partial charge in [0.25, 0.3) is 0 Å². The first-order valence-electron chi connectivity index (χ1n) is 5.35. The summed E-state index contributed by atoms with van der Waals surface area (Å²) in [6.45, 7) is 7.67. The van der Waals surface area contributed by atoms with Crippen LogP contribution in [0.2, 0.25) is 0 Å². The zero-order valence-corrected chi connectivity index (χ0v) is 10.1. The van der Waals surface area contributed by atoms with E-state index in [1.54, 1.807) is 18.1 Å². The van der Waals surface area contributed by atoms with Crippen LogP contribution in [0.4, 0.5) is 5.82 Å². The van der Waals surface area contributed by atoms with Crippen molar-refractivity contribution in [3.8, 4) is 0 Å². The van der Waals surface area contributed by atoms with Gasteiger partial charge in [0, 0.05) is 19.2 Å². The summed E-state index contributed by atoms with van der Waals surface area (Å²) in [5, 5.41) is 0. The Hall–Kier alpha value is -1.64. The molecule has 0 saturated heterocycles. The first-order chi connectivity index (χ1) is 7.52. The molecule has 0 bridgehead atoms. The van der Waals surface area contributed by atoms with Gasteiger partial charge >= 0.3 is 0 Å². The number of rotatable bonds is 4. The molecule has 16 heavy (non-hydrogen) atoms. The van der Waals surface area contributed by atoms with Gasteiger partial charge in [-0.3, -0.25) is 9.69 Å². The molecule has 0 fully saturated rings. The zero-order chi connectivity index (χ0) is 12.1. The maximum Gasteiger partial charge on any atom is 0.231 e. The lowest BCUT2D eigenvalue weighted by Crippen LogP contribution is -2.32. The van der Waals surface area contributed by atoms with Gasteiger partial charge in [0.05, 0.1) is 0 Å². The number of hydrogen-bond donors (Lipinski definition) is 0. The van der Waals surface area contributed by atoms with E-state index >= 15 is 0 Å². The van der Waals surface area contributed by atoms with Gasteiger partial charge in [0.2, 0.25) is 5.91 Å². The Morgan fingerprint density at radius 2 is 2.25 bits per heavy atom. The fourth-order valence-electron chi connectivity index (χ4n) is 1.61. The van der Waals surface area contributed by atoms with Crippen LogP contribution >= 0.6 is 0 Å². The Labute approximate surface area is 96.8 Å². The molecule has 0 radical (unpaired) electrons. The van der Waals surface area contributed by atoms with Crippen LogP contribution in [-0.4, -0.2) is 17.9 Å². The molecule has 0 aliphatic carbocycles. The zero-order valence-electron chi connectivity index (χ0n) is 10.1. The van der Waals surface area contributed by atoms with Crippen LogP contribution in [-0.2, 0) is 4.79 Å². The molecule has 0 saturated carbocycles. The van der Waals surface area contributed by atoms with Crippen LogP contribution in [0.15, 0.2) is 36.5 Å². The molecule has 3 heteroatoms. The Morgan fingerprint density at radius 1 is 1.56 bits per heavy atom. The van der Waals surface area contributed by atoms with E-state index in [-0.39, 0.29) is 11.8 Å². The van der Waals surface area contributed by atoms with Gasteiger partial charge in [-0.2, -0.15) is 0 Å². The molecule has 0 unspecified atom stereocenters. The van der Waals surface area contributed by atoms with E-state index in [1.165, 1.54) is 0 Å². The van der Waals surface area contributed by atoms with Gasteiger partial charge in [0.15, 0.2) is 0 Å². The number of nitrogens with zero attached hydrogens (tertiary/aromatic N) is 2. The van der Waals surface area contributed by atoms with E-state index in [1.807, 2.05) is 32.0 Å². The summed E-state index contributed by atoms with van der Waals surface area (Å²) < 4.78 is 0. The fraction of sp³-hybridized carbons (Fsp3) is 0.385. The lowest BCUT2D eigenvalue weighted by Gasteiger charge is -2.20. The van der Waals surface area contributed by atoms with Crippen molar-refractivity contribution in [2.75, 3.05) is 11.9 Å². The monoisotopic (exact) mass is 218 g/mol. The molecule has 0 aliphatic heterocycles. The number of carbonyl (C=O) groups excluding carboxylic acids is 1. The average Bonchev–Trinajstić information content (AvgIpc) is 2.27. The van der Waals surface area contributed by atoms with E-state index in [0.29, 0.717) is 5.82 Å². The Bertz CT molecular complexity index is 373. The van der Waals surface area contributed by atoms with Gasteiger partial charge in [-0.05, 0) is 25.5 Å². The highest BCUT2D eigenvalue weighted by atomic mass is 16.2. The molecule has 0 aliphatic rings. The highest BCUT2D eigenvalue weighted by molar-refractivity contribution is 5.93. The van der Waals surface area contributed by atoms with E-state index in [9.17, 15) is 4.79 Å². The molecule has 1 atom stereocenters. The molecule has 1 aromatic heterocycles. The lowest BCUT2D eigenvalue weighted by atomic mass is 10.0. The molecule has 0 aromatic carbocycles. The number of anilines is 1. The summed E-state index contributed by atoms with van der Waals surface area (Å²) in [6, 6.07) is 5.53. The number of amides is 1. The molecule has 1 amide bonds.